The third-order valence-electron chi connectivity index (χ3n) is 4.08. The number of aromatic nitrogens is 2. The Morgan fingerprint density at radius 2 is 2.00 bits per heavy atom. The van der Waals surface area contributed by atoms with Crippen molar-refractivity contribution < 1.29 is 14.0 Å². The summed E-state index contributed by atoms with van der Waals surface area (Å²) in [6, 6.07) is 11.4. The maximum Gasteiger partial charge on any atom is 0.258 e. The molecular weight excluding hydrogens is 481 g/mol. The van der Waals surface area contributed by atoms with Gasteiger partial charge in [0.25, 0.3) is 5.89 Å². The van der Waals surface area contributed by atoms with Crippen molar-refractivity contribution in [2.24, 2.45) is 0 Å². The zero-order valence-electron chi connectivity index (χ0n) is 16.8. The van der Waals surface area contributed by atoms with Crippen molar-refractivity contribution in [1.29, 1.82) is 5.26 Å². The first-order valence-corrected chi connectivity index (χ1v) is 10.5. The van der Waals surface area contributed by atoms with Crippen molar-refractivity contribution in [2.45, 2.75) is 40.2 Å². The third kappa shape index (κ3) is 4.88. The lowest BCUT2D eigenvalue weighted by molar-refractivity contribution is 0.239. The highest BCUT2D eigenvalue weighted by molar-refractivity contribution is 14.1. The predicted octanol–water partition coefficient (Wildman–Crippen LogP) is 5.76. The molecule has 6 nitrogen and oxygen atoms in total. The smallest absolute Gasteiger partial charge is 0.258 e. The Bertz CT molecular complexity index is 1030. The molecule has 0 amide bonds. The second-order valence-corrected chi connectivity index (χ2v) is 8.03. The minimum absolute atomic E-state index is 0.100. The van der Waals surface area contributed by atoms with Crippen molar-refractivity contribution in [3.8, 4) is 40.4 Å². The fourth-order valence-electron chi connectivity index (χ4n) is 2.79. The molecule has 2 aromatic carbocycles. The summed E-state index contributed by atoms with van der Waals surface area (Å²) in [5.74, 6) is 2.27. The van der Waals surface area contributed by atoms with Crippen molar-refractivity contribution in [1.82, 2.24) is 10.1 Å². The lowest BCUT2D eigenvalue weighted by Crippen LogP contribution is -2.08. The molecule has 0 aliphatic carbocycles. The van der Waals surface area contributed by atoms with Crippen LogP contribution in [0.2, 0.25) is 0 Å². The van der Waals surface area contributed by atoms with Crippen LogP contribution in [0, 0.1) is 21.8 Å². The number of aryl methyl sites for hydroxylation is 1. The van der Waals surface area contributed by atoms with Gasteiger partial charge in [0.05, 0.1) is 21.8 Å². The Labute approximate surface area is 184 Å². The van der Waals surface area contributed by atoms with E-state index in [9.17, 15) is 5.26 Å². The van der Waals surface area contributed by atoms with Crippen LogP contribution in [-0.2, 0) is 0 Å². The summed E-state index contributed by atoms with van der Waals surface area (Å²) in [4.78, 5) is 4.52. The van der Waals surface area contributed by atoms with Gasteiger partial charge in [-0.25, -0.2) is 0 Å². The van der Waals surface area contributed by atoms with Gasteiger partial charge in [-0.05, 0) is 85.7 Å². The first-order chi connectivity index (χ1) is 13.9. The molecule has 0 saturated heterocycles. The van der Waals surface area contributed by atoms with E-state index in [1.165, 1.54) is 0 Å². The van der Waals surface area contributed by atoms with Gasteiger partial charge in [0.1, 0.15) is 17.6 Å². The summed E-state index contributed by atoms with van der Waals surface area (Å²) < 4.78 is 17.9. The number of rotatable bonds is 7. The van der Waals surface area contributed by atoms with Crippen LogP contribution in [0.15, 0.2) is 34.9 Å². The molecule has 3 aromatic rings. The maximum absolute atomic E-state index is 9.41. The Morgan fingerprint density at radius 3 is 2.66 bits per heavy atom. The summed E-state index contributed by atoms with van der Waals surface area (Å²) in [6.45, 7) is 8.59. The number of halogens is 1. The van der Waals surface area contributed by atoms with E-state index in [0.717, 1.165) is 26.9 Å². The second kappa shape index (κ2) is 9.27. The number of benzene rings is 2. The molecule has 1 aromatic heterocycles. The molecule has 0 aliphatic heterocycles. The molecule has 0 aliphatic rings. The number of hydrogen-bond acceptors (Lipinski definition) is 6. The van der Waals surface area contributed by atoms with Gasteiger partial charge in [-0.2, -0.15) is 10.2 Å². The molecule has 0 fully saturated rings. The van der Waals surface area contributed by atoms with Crippen molar-refractivity contribution >= 4 is 22.6 Å². The van der Waals surface area contributed by atoms with Gasteiger partial charge in [0.2, 0.25) is 5.82 Å². The number of nitriles is 1. The Balaban J connectivity index is 1.91. The average molecular weight is 503 g/mol. The lowest BCUT2D eigenvalue weighted by atomic mass is 10.1. The molecule has 3 rings (SSSR count). The average Bonchev–Trinajstić information content (AvgIpc) is 3.19. The fraction of sp³-hybridized carbons (Fsp3) is 0.318. The summed E-state index contributed by atoms with van der Waals surface area (Å²) >= 11 is 2.25. The highest BCUT2D eigenvalue weighted by Gasteiger charge is 2.16. The van der Waals surface area contributed by atoms with Crippen LogP contribution in [0.25, 0.3) is 22.8 Å². The van der Waals surface area contributed by atoms with Gasteiger partial charge in [-0.3, -0.25) is 0 Å². The zero-order valence-corrected chi connectivity index (χ0v) is 19.0. The highest BCUT2D eigenvalue weighted by Crippen LogP contribution is 2.32. The van der Waals surface area contributed by atoms with Gasteiger partial charge in [-0.1, -0.05) is 12.1 Å². The predicted molar refractivity (Wildman–Crippen MR) is 119 cm³/mol. The summed E-state index contributed by atoms with van der Waals surface area (Å²) in [7, 11) is 0. The van der Waals surface area contributed by atoms with E-state index in [4.69, 9.17) is 14.0 Å². The van der Waals surface area contributed by atoms with E-state index in [0.29, 0.717) is 35.2 Å². The first-order valence-electron chi connectivity index (χ1n) is 9.41. The molecule has 0 atom stereocenters. The molecular formula is C22H22IN3O3. The normalized spacial score (nSPS) is 10.8. The highest BCUT2D eigenvalue weighted by atomic mass is 127. The molecule has 29 heavy (non-hydrogen) atoms. The molecule has 0 radical (unpaired) electrons. The Kier molecular flexibility index (Phi) is 6.75. The Hall–Kier alpha value is -2.60. The van der Waals surface area contributed by atoms with E-state index in [-0.39, 0.29) is 6.10 Å². The minimum atomic E-state index is 0.100. The molecule has 0 saturated carbocycles. The van der Waals surface area contributed by atoms with Crippen molar-refractivity contribution in [3.63, 3.8) is 0 Å². The maximum atomic E-state index is 9.41. The van der Waals surface area contributed by atoms with Crippen LogP contribution in [-0.4, -0.2) is 22.9 Å². The molecule has 0 unspecified atom stereocenters. The SMILES string of the molecule is CCCOc1ccc(-c2nc(-c3cc(C)c(OC(C)C)c(I)c3)no2)cc1C#N. The zero-order chi connectivity index (χ0) is 21.0. The Morgan fingerprint density at radius 1 is 1.21 bits per heavy atom. The first kappa shape index (κ1) is 21.1. The molecule has 7 heteroatoms. The number of ether oxygens (including phenoxy) is 2. The summed E-state index contributed by atoms with van der Waals surface area (Å²) in [6.07, 6.45) is 0.974. The quantitative estimate of drug-likeness (QED) is 0.381. The van der Waals surface area contributed by atoms with E-state index >= 15 is 0 Å². The minimum Gasteiger partial charge on any atom is -0.492 e. The van der Waals surface area contributed by atoms with Crippen LogP contribution < -0.4 is 9.47 Å². The van der Waals surface area contributed by atoms with Crippen molar-refractivity contribution in [3.05, 3.63) is 45.0 Å². The molecule has 0 bridgehead atoms. The van der Waals surface area contributed by atoms with E-state index in [1.54, 1.807) is 12.1 Å². The lowest BCUT2D eigenvalue weighted by Gasteiger charge is -2.14. The second-order valence-electron chi connectivity index (χ2n) is 6.87. The van der Waals surface area contributed by atoms with E-state index in [2.05, 4.69) is 38.8 Å². The topological polar surface area (TPSA) is 81.2 Å². The van der Waals surface area contributed by atoms with Crippen LogP contribution in [0.5, 0.6) is 11.5 Å². The van der Waals surface area contributed by atoms with E-state index < -0.39 is 0 Å². The van der Waals surface area contributed by atoms with Gasteiger partial charge >= 0.3 is 0 Å². The van der Waals surface area contributed by atoms with Crippen LogP contribution >= 0.6 is 22.6 Å². The number of hydrogen-bond donors (Lipinski definition) is 0. The van der Waals surface area contributed by atoms with Gasteiger partial charge in [0.15, 0.2) is 0 Å². The fourth-order valence-corrected chi connectivity index (χ4v) is 3.68. The van der Waals surface area contributed by atoms with Crippen molar-refractivity contribution in [2.75, 3.05) is 6.61 Å². The molecule has 0 N–H and O–H groups in total. The van der Waals surface area contributed by atoms with Gasteiger partial charge in [-0.15, -0.1) is 0 Å². The molecule has 0 spiro atoms. The third-order valence-corrected chi connectivity index (χ3v) is 4.88. The summed E-state index contributed by atoms with van der Waals surface area (Å²) in [5.41, 5.74) is 2.98. The van der Waals surface area contributed by atoms with Gasteiger partial charge < -0.3 is 14.0 Å². The monoisotopic (exact) mass is 503 g/mol. The van der Waals surface area contributed by atoms with Gasteiger partial charge in [0, 0.05) is 11.1 Å². The number of nitrogens with zero attached hydrogens (tertiary/aromatic N) is 3. The molecule has 1 heterocycles. The van der Waals surface area contributed by atoms with Crippen LogP contribution in [0.3, 0.4) is 0 Å². The van der Waals surface area contributed by atoms with E-state index in [1.807, 2.05) is 45.9 Å². The van der Waals surface area contributed by atoms with Crippen LogP contribution in [0.1, 0.15) is 38.3 Å². The largest absolute Gasteiger partial charge is 0.492 e. The standard InChI is InChI=1S/C22H22IN3O3/c1-5-8-27-19-7-6-15(10-17(19)12-24)22-25-21(26-29-22)16-9-14(4)20(18(23)11-16)28-13(2)3/h6-7,9-11,13H,5,8H2,1-4H3. The molecule has 150 valence electrons. The van der Waals surface area contributed by atoms with Crippen LogP contribution in [0.4, 0.5) is 0 Å². The summed E-state index contributed by atoms with van der Waals surface area (Å²) in [5, 5.41) is 13.5.